The van der Waals surface area contributed by atoms with E-state index in [0.29, 0.717) is 17.8 Å². The van der Waals surface area contributed by atoms with E-state index < -0.39 is 0 Å². The number of hydrogen-bond acceptors (Lipinski definition) is 6. The molecule has 4 nitrogen and oxygen atoms in total. The predicted molar refractivity (Wildman–Crippen MR) is 89.0 cm³/mol. The maximum Gasteiger partial charge on any atom is 0.232 e. The van der Waals surface area contributed by atoms with Crippen molar-refractivity contribution in [3.63, 3.8) is 0 Å². The van der Waals surface area contributed by atoms with E-state index in [4.69, 9.17) is 4.52 Å². The molecular formula is C15H19N3OS2. The first kappa shape index (κ1) is 14.9. The summed E-state index contributed by atoms with van der Waals surface area (Å²) in [7, 11) is 1.99. The fourth-order valence-corrected chi connectivity index (χ4v) is 4.53. The van der Waals surface area contributed by atoms with Gasteiger partial charge in [0.15, 0.2) is 0 Å². The molecule has 112 valence electrons. The molecule has 1 saturated heterocycles. The highest BCUT2D eigenvalue weighted by Gasteiger charge is 2.32. The highest BCUT2D eigenvalue weighted by atomic mass is 32.2. The first-order chi connectivity index (χ1) is 10.3. The molecule has 0 radical (unpaired) electrons. The van der Waals surface area contributed by atoms with Crippen molar-refractivity contribution in [1.82, 2.24) is 15.5 Å². The summed E-state index contributed by atoms with van der Waals surface area (Å²) >= 11 is 3.76. The molecule has 2 unspecified atom stereocenters. The molecule has 3 rings (SSSR count). The van der Waals surface area contributed by atoms with Crippen molar-refractivity contribution in [2.45, 2.75) is 23.8 Å². The Hall–Kier alpha value is -0.980. The molecule has 2 atom stereocenters. The Kier molecular flexibility index (Phi) is 4.87. The Labute approximate surface area is 133 Å². The van der Waals surface area contributed by atoms with E-state index in [9.17, 15) is 0 Å². The van der Waals surface area contributed by atoms with E-state index in [1.807, 2.05) is 30.6 Å². The number of rotatable bonds is 5. The van der Waals surface area contributed by atoms with Crippen LogP contribution in [-0.2, 0) is 0 Å². The topological polar surface area (TPSA) is 51.0 Å². The second-order valence-corrected chi connectivity index (χ2v) is 7.37. The molecule has 2 heterocycles. The summed E-state index contributed by atoms with van der Waals surface area (Å²) in [6.07, 6.45) is 0. The van der Waals surface area contributed by atoms with Crippen LogP contribution in [0.25, 0.3) is 11.4 Å². The Morgan fingerprint density at radius 2 is 2.14 bits per heavy atom. The average molecular weight is 321 g/mol. The third-order valence-corrected chi connectivity index (χ3v) is 5.72. The molecule has 0 saturated carbocycles. The maximum atomic E-state index is 5.49. The van der Waals surface area contributed by atoms with Crippen LogP contribution in [0.2, 0.25) is 0 Å². The fourth-order valence-electron chi connectivity index (χ4n) is 2.45. The summed E-state index contributed by atoms with van der Waals surface area (Å²) in [4.78, 5) is 5.87. The summed E-state index contributed by atoms with van der Waals surface area (Å²) in [5.41, 5.74) is 1.01. The lowest BCUT2D eigenvalue weighted by Crippen LogP contribution is -2.31. The molecule has 0 bridgehead atoms. The van der Waals surface area contributed by atoms with Crippen molar-refractivity contribution < 1.29 is 4.52 Å². The van der Waals surface area contributed by atoms with Gasteiger partial charge in [-0.15, -0.1) is 11.8 Å². The third kappa shape index (κ3) is 3.27. The summed E-state index contributed by atoms with van der Waals surface area (Å²) in [6, 6.07) is 8.77. The van der Waals surface area contributed by atoms with E-state index in [0.717, 1.165) is 28.7 Å². The second-order valence-electron chi connectivity index (χ2n) is 4.95. The number of nitrogens with zero attached hydrogens (tertiary/aromatic N) is 2. The summed E-state index contributed by atoms with van der Waals surface area (Å²) in [5.74, 6) is 4.97. The van der Waals surface area contributed by atoms with Crippen LogP contribution in [-0.4, -0.2) is 40.5 Å². The highest BCUT2D eigenvalue weighted by molar-refractivity contribution is 7.99. The van der Waals surface area contributed by atoms with Gasteiger partial charge < -0.3 is 9.84 Å². The van der Waals surface area contributed by atoms with Gasteiger partial charge in [-0.2, -0.15) is 16.7 Å². The van der Waals surface area contributed by atoms with Crippen LogP contribution in [0.15, 0.2) is 33.7 Å². The van der Waals surface area contributed by atoms with Crippen molar-refractivity contribution in [3.05, 3.63) is 30.2 Å². The Morgan fingerprint density at radius 1 is 1.33 bits per heavy atom. The molecule has 2 aromatic rings. The van der Waals surface area contributed by atoms with Crippen molar-refractivity contribution in [3.8, 4) is 11.4 Å². The molecule has 0 amide bonds. The Morgan fingerprint density at radius 3 is 2.86 bits per heavy atom. The van der Waals surface area contributed by atoms with E-state index in [1.54, 1.807) is 0 Å². The molecule has 0 spiro atoms. The van der Waals surface area contributed by atoms with Crippen molar-refractivity contribution >= 4 is 23.5 Å². The summed E-state index contributed by atoms with van der Waals surface area (Å²) in [6.45, 7) is 2.15. The third-order valence-electron chi connectivity index (χ3n) is 3.63. The summed E-state index contributed by atoms with van der Waals surface area (Å²) < 4.78 is 5.49. The molecule has 6 heteroatoms. The highest BCUT2D eigenvalue weighted by Crippen LogP contribution is 2.33. The first-order valence-corrected chi connectivity index (χ1v) is 9.27. The first-order valence-electron chi connectivity index (χ1n) is 7.13. The van der Waals surface area contributed by atoms with Gasteiger partial charge in [-0.25, -0.2) is 0 Å². The molecule has 1 aromatic heterocycles. The molecule has 1 fully saturated rings. The minimum absolute atomic E-state index is 0.316. The van der Waals surface area contributed by atoms with Crippen molar-refractivity contribution in [1.29, 1.82) is 0 Å². The number of thioether (sulfide) groups is 2. The van der Waals surface area contributed by atoms with Gasteiger partial charge in [0.25, 0.3) is 0 Å². The Bertz CT molecular complexity index is 585. The van der Waals surface area contributed by atoms with Crippen LogP contribution in [0.1, 0.15) is 18.7 Å². The zero-order valence-electron chi connectivity index (χ0n) is 12.2. The van der Waals surface area contributed by atoms with Crippen LogP contribution in [0, 0.1) is 0 Å². The van der Waals surface area contributed by atoms with Crippen LogP contribution in [0.4, 0.5) is 0 Å². The lowest BCUT2D eigenvalue weighted by atomic mass is 10.0. The van der Waals surface area contributed by atoms with Crippen LogP contribution < -0.4 is 5.32 Å². The number of aromatic nitrogens is 2. The zero-order valence-corrected chi connectivity index (χ0v) is 13.8. The van der Waals surface area contributed by atoms with Crippen molar-refractivity contribution in [2.75, 3.05) is 24.3 Å². The van der Waals surface area contributed by atoms with Gasteiger partial charge in [-0.3, -0.25) is 0 Å². The number of benzene rings is 1. The number of nitrogens with one attached hydrogen (secondary N) is 1. The van der Waals surface area contributed by atoms with Gasteiger partial charge in [0.2, 0.25) is 11.7 Å². The Balaban J connectivity index is 1.78. The molecule has 1 aliphatic heterocycles. The molecule has 1 aromatic carbocycles. The van der Waals surface area contributed by atoms with Crippen LogP contribution >= 0.6 is 23.5 Å². The van der Waals surface area contributed by atoms with Crippen molar-refractivity contribution in [2.24, 2.45) is 0 Å². The molecule has 21 heavy (non-hydrogen) atoms. The van der Waals surface area contributed by atoms with E-state index >= 15 is 0 Å². The van der Waals surface area contributed by atoms with Crippen LogP contribution in [0.5, 0.6) is 0 Å². The molecular weight excluding hydrogens is 302 g/mol. The molecule has 0 aliphatic carbocycles. The van der Waals surface area contributed by atoms with Gasteiger partial charge >= 0.3 is 0 Å². The zero-order chi connectivity index (χ0) is 14.7. The molecule has 1 N–H and O–H groups in total. The number of hydrogen-bond donors (Lipinski definition) is 1. The number of likely N-dealkylation sites (N-methyl/N-ethyl adjacent to an activating group) is 1. The van der Waals surface area contributed by atoms with E-state index in [1.165, 1.54) is 4.90 Å². The average Bonchev–Trinajstić information content (AvgIpc) is 3.17. The minimum Gasteiger partial charge on any atom is -0.339 e. The second kappa shape index (κ2) is 6.85. The van der Waals surface area contributed by atoms with E-state index in [2.05, 4.69) is 46.6 Å². The smallest absolute Gasteiger partial charge is 0.232 e. The molecule has 1 aliphatic rings. The predicted octanol–water partition coefficient (Wildman–Crippen LogP) is 3.27. The van der Waals surface area contributed by atoms with Crippen LogP contribution in [0.3, 0.4) is 0 Å². The SMILES string of the molecule is CCSc1ccc(-c2noc(C3CSCC3NC)n2)cc1. The summed E-state index contributed by atoms with van der Waals surface area (Å²) in [5, 5.41) is 7.48. The maximum absolute atomic E-state index is 5.49. The van der Waals surface area contributed by atoms with Gasteiger partial charge in [-0.05, 0) is 37.1 Å². The van der Waals surface area contributed by atoms with Gasteiger partial charge in [0, 0.05) is 28.0 Å². The quantitative estimate of drug-likeness (QED) is 0.853. The van der Waals surface area contributed by atoms with E-state index in [-0.39, 0.29) is 0 Å². The fraction of sp³-hybridized carbons (Fsp3) is 0.467. The van der Waals surface area contributed by atoms with Gasteiger partial charge in [0.05, 0.1) is 5.92 Å². The monoisotopic (exact) mass is 321 g/mol. The largest absolute Gasteiger partial charge is 0.339 e. The van der Waals surface area contributed by atoms with Gasteiger partial charge in [-0.1, -0.05) is 12.1 Å². The minimum atomic E-state index is 0.316. The standard InChI is InChI=1S/C15H19N3OS2/c1-3-21-11-6-4-10(5-7-11)14-17-15(19-18-14)12-8-20-9-13(12)16-2/h4-7,12-13,16H,3,8-9H2,1-2H3. The van der Waals surface area contributed by atoms with Gasteiger partial charge in [0.1, 0.15) is 0 Å². The normalized spacial score (nSPS) is 21.8. The lowest BCUT2D eigenvalue weighted by Gasteiger charge is -2.13. The lowest BCUT2D eigenvalue weighted by molar-refractivity contribution is 0.344.